The number of alkyl carbamates (subject to hydrolysis) is 1. The van der Waals surface area contributed by atoms with Gasteiger partial charge in [0.1, 0.15) is 5.60 Å². The van der Waals surface area contributed by atoms with Crippen molar-refractivity contribution in [1.29, 1.82) is 0 Å². The molecule has 140 valence electrons. The van der Waals surface area contributed by atoms with Gasteiger partial charge in [-0.05, 0) is 57.4 Å². The smallest absolute Gasteiger partial charge is 0.408 e. The van der Waals surface area contributed by atoms with E-state index in [2.05, 4.69) is 30.4 Å². The Labute approximate surface area is 160 Å². The quantitative estimate of drug-likeness (QED) is 0.680. The Morgan fingerprint density at radius 3 is 2.44 bits per heavy atom. The summed E-state index contributed by atoms with van der Waals surface area (Å²) >= 11 is 0. The number of carbonyl (C=O) groups excluding carboxylic acids is 1. The van der Waals surface area contributed by atoms with Crippen molar-refractivity contribution in [3.8, 4) is 0 Å². The highest BCUT2D eigenvalue weighted by atomic mass is 16.6. The first-order valence-electron chi connectivity index (χ1n) is 9.21. The molecule has 0 fully saturated rings. The number of aromatic nitrogens is 1. The summed E-state index contributed by atoms with van der Waals surface area (Å²) in [5.74, 6) is 0. The van der Waals surface area contributed by atoms with Crippen LogP contribution in [0.3, 0.4) is 0 Å². The van der Waals surface area contributed by atoms with E-state index in [0.717, 1.165) is 27.7 Å². The van der Waals surface area contributed by atoms with Gasteiger partial charge in [0.2, 0.25) is 0 Å². The Hall–Kier alpha value is -2.88. The predicted molar refractivity (Wildman–Crippen MR) is 109 cm³/mol. The number of ether oxygens (including phenoxy) is 1. The van der Waals surface area contributed by atoms with E-state index in [9.17, 15) is 4.79 Å². The van der Waals surface area contributed by atoms with Crippen LogP contribution in [0.2, 0.25) is 0 Å². The maximum absolute atomic E-state index is 12.4. The van der Waals surface area contributed by atoms with Gasteiger partial charge in [0.05, 0.1) is 17.3 Å². The minimum atomic E-state index is -0.548. The van der Waals surface area contributed by atoms with E-state index in [4.69, 9.17) is 9.72 Å². The molecule has 3 rings (SSSR count). The number of rotatable bonds is 4. The van der Waals surface area contributed by atoms with Crippen LogP contribution in [0.1, 0.15) is 43.6 Å². The molecule has 27 heavy (non-hydrogen) atoms. The van der Waals surface area contributed by atoms with E-state index < -0.39 is 11.7 Å². The molecule has 0 aliphatic rings. The molecule has 0 saturated carbocycles. The van der Waals surface area contributed by atoms with Crippen LogP contribution >= 0.6 is 0 Å². The number of para-hydroxylation sites is 1. The van der Waals surface area contributed by atoms with Gasteiger partial charge in [0.15, 0.2) is 0 Å². The molecule has 1 atom stereocenters. The summed E-state index contributed by atoms with van der Waals surface area (Å²) in [6.07, 6.45) is 0.209. The van der Waals surface area contributed by atoms with Gasteiger partial charge in [-0.3, -0.25) is 4.98 Å². The lowest BCUT2D eigenvalue weighted by Gasteiger charge is -2.24. The summed E-state index contributed by atoms with van der Waals surface area (Å²) in [6.45, 7) is 7.65. The first-order chi connectivity index (χ1) is 12.8. The Morgan fingerprint density at radius 1 is 1.07 bits per heavy atom. The monoisotopic (exact) mass is 362 g/mol. The number of nitrogens with one attached hydrogen (secondary N) is 1. The highest BCUT2D eigenvalue weighted by molar-refractivity contribution is 5.82. The van der Waals surface area contributed by atoms with Crippen molar-refractivity contribution in [3.05, 3.63) is 77.5 Å². The third-order valence-corrected chi connectivity index (χ3v) is 4.27. The zero-order valence-electron chi connectivity index (χ0n) is 16.3. The van der Waals surface area contributed by atoms with Gasteiger partial charge in [-0.2, -0.15) is 0 Å². The average molecular weight is 362 g/mol. The first kappa shape index (κ1) is 18.9. The van der Waals surface area contributed by atoms with Crippen LogP contribution in [0.15, 0.2) is 60.7 Å². The molecule has 1 unspecified atom stereocenters. The Balaban J connectivity index is 1.94. The molecule has 3 aromatic rings. The molecule has 0 radical (unpaired) electrons. The van der Waals surface area contributed by atoms with Crippen molar-refractivity contribution in [2.24, 2.45) is 0 Å². The number of fused-ring (bicyclic) bond motifs is 1. The average Bonchev–Trinajstić information content (AvgIpc) is 2.60. The van der Waals surface area contributed by atoms with E-state index in [1.54, 1.807) is 0 Å². The summed E-state index contributed by atoms with van der Waals surface area (Å²) in [6, 6.07) is 19.9. The van der Waals surface area contributed by atoms with Crippen molar-refractivity contribution in [2.75, 3.05) is 0 Å². The topological polar surface area (TPSA) is 51.2 Å². The van der Waals surface area contributed by atoms with Crippen LogP contribution in [-0.4, -0.2) is 16.7 Å². The van der Waals surface area contributed by atoms with E-state index in [1.165, 1.54) is 0 Å². The molecule has 0 saturated heterocycles. The maximum atomic E-state index is 12.4. The molecule has 2 aromatic carbocycles. The molecular weight excluding hydrogens is 336 g/mol. The fourth-order valence-electron chi connectivity index (χ4n) is 3.08. The Morgan fingerprint density at radius 2 is 1.74 bits per heavy atom. The van der Waals surface area contributed by atoms with E-state index >= 15 is 0 Å². The second-order valence-electron chi connectivity index (χ2n) is 7.77. The summed E-state index contributed by atoms with van der Waals surface area (Å²) in [4.78, 5) is 17.2. The van der Waals surface area contributed by atoms with E-state index in [1.807, 2.05) is 63.2 Å². The fourth-order valence-corrected chi connectivity index (χ4v) is 3.08. The highest BCUT2D eigenvalue weighted by Crippen LogP contribution is 2.24. The molecule has 1 amide bonds. The molecule has 1 heterocycles. The van der Waals surface area contributed by atoms with E-state index in [-0.39, 0.29) is 6.04 Å². The summed E-state index contributed by atoms with van der Waals surface area (Å²) in [7, 11) is 0. The molecule has 0 bridgehead atoms. The van der Waals surface area contributed by atoms with Crippen molar-refractivity contribution in [2.45, 2.75) is 45.8 Å². The maximum Gasteiger partial charge on any atom is 0.408 e. The number of benzene rings is 2. The molecule has 4 heteroatoms. The van der Waals surface area contributed by atoms with Gasteiger partial charge >= 0.3 is 6.09 Å². The fraction of sp³-hybridized carbons (Fsp3) is 0.304. The summed E-state index contributed by atoms with van der Waals surface area (Å²) in [5, 5.41) is 4.13. The standard InChI is InChI=1S/C23H26N2O2/c1-16-14-20(24-19-13-9-8-12-18(16)19)21(15-17-10-6-5-7-11-17)25-22(26)27-23(2,3)4/h5-14,21H,15H2,1-4H3,(H,25,26). The Kier molecular flexibility index (Phi) is 5.45. The van der Waals surface area contributed by atoms with Gasteiger partial charge < -0.3 is 10.1 Å². The zero-order valence-corrected chi connectivity index (χ0v) is 16.3. The highest BCUT2D eigenvalue weighted by Gasteiger charge is 2.22. The molecule has 1 N–H and O–H groups in total. The van der Waals surface area contributed by atoms with Crippen LogP contribution in [0.25, 0.3) is 10.9 Å². The van der Waals surface area contributed by atoms with Crippen molar-refractivity contribution in [1.82, 2.24) is 10.3 Å². The molecule has 4 nitrogen and oxygen atoms in total. The molecule has 0 aliphatic heterocycles. The van der Waals surface area contributed by atoms with Crippen molar-refractivity contribution >= 4 is 17.0 Å². The minimum Gasteiger partial charge on any atom is -0.444 e. The first-order valence-corrected chi connectivity index (χ1v) is 9.21. The number of aryl methyl sites for hydroxylation is 1. The van der Waals surface area contributed by atoms with E-state index in [0.29, 0.717) is 6.42 Å². The van der Waals surface area contributed by atoms with Crippen LogP contribution in [0.5, 0.6) is 0 Å². The lowest BCUT2D eigenvalue weighted by atomic mass is 10.00. The third-order valence-electron chi connectivity index (χ3n) is 4.27. The Bertz CT molecular complexity index is 930. The van der Waals surface area contributed by atoms with Gasteiger partial charge in [0.25, 0.3) is 0 Å². The third kappa shape index (κ3) is 5.07. The van der Waals surface area contributed by atoms with Crippen molar-refractivity contribution in [3.63, 3.8) is 0 Å². The normalized spacial score (nSPS) is 12.6. The number of pyridine rings is 1. The minimum absolute atomic E-state index is 0.273. The number of amides is 1. The number of carbonyl (C=O) groups is 1. The van der Waals surface area contributed by atoms with Crippen LogP contribution in [-0.2, 0) is 11.2 Å². The van der Waals surface area contributed by atoms with Gasteiger partial charge in [-0.1, -0.05) is 48.5 Å². The van der Waals surface area contributed by atoms with Gasteiger partial charge in [0, 0.05) is 5.39 Å². The van der Waals surface area contributed by atoms with Crippen LogP contribution in [0, 0.1) is 6.92 Å². The largest absolute Gasteiger partial charge is 0.444 e. The summed E-state index contributed by atoms with van der Waals surface area (Å²) in [5.41, 5.74) is 3.48. The second kappa shape index (κ2) is 7.78. The lowest BCUT2D eigenvalue weighted by molar-refractivity contribution is 0.0502. The predicted octanol–water partition coefficient (Wildman–Crippen LogP) is 5.35. The lowest BCUT2D eigenvalue weighted by Crippen LogP contribution is -2.36. The van der Waals surface area contributed by atoms with Crippen LogP contribution < -0.4 is 5.32 Å². The number of hydrogen-bond donors (Lipinski definition) is 1. The second-order valence-corrected chi connectivity index (χ2v) is 7.77. The number of nitrogens with zero attached hydrogens (tertiary/aromatic N) is 1. The molecular formula is C23H26N2O2. The zero-order chi connectivity index (χ0) is 19.4. The SMILES string of the molecule is Cc1cc(C(Cc2ccccc2)NC(=O)OC(C)(C)C)nc2ccccc12. The molecule has 0 aliphatic carbocycles. The van der Waals surface area contributed by atoms with Crippen LogP contribution in [0.4, 0.5) is 4.79 Å². The number of hydrogen-bond acceptors (Lipinski definition) is 3. The van der Waals surface area contributed by atoms with Crippen molar-refractivity contribution < 1.29 is 9.53 Å². The van der Waals surface area contributed by atoms with Gasteiger partial charge in [-0.15, -0.1) is 0 Å². The molecule has 0 spiro atoms. The molecule has 1 aromatic heterocycles. The van der Waals surface area contributed by atoms with Gasteiger partial charge in [-0.25, -0.2) is 4.79 Å². The summed E-state index contributed by atoms with van der Waals surface area (Å²) < 4.78 is 5.47.